The lowest BCUT2D eigenvalue weighted by molar-refractivity contribution is 0.168. The van der Waals surface area contributed by atoms with Crippen molar-refractivity contribution in [1.82, 2.24) is 10.4 Å². The number of hydrogen-bond donors (Lipinski definition) is 2. The summed E-state index contributed by atoms with van der Waals surface area (Å²) in [6.45, 7) is 2.98. The minimum atomic E-state index is 0.312. The van der Waals surface area contributed by atoms with Gasteiger partial charge in [0.2, 0.25) is 0 Å². The fraction of sp³-hybridized carbons (Fsp3) is 0.615. The van der Waals surface area contributed by atoms with Crippen LogP contribution in [-0.4, -0.2) is 24.7 Å². The first kappa shape index (κ1) is 14.1. The van der Waals surface area contributed by atoms with Gasteiger partial charge in [0, 0.05) is 31.6 Å². The topological polar surface area (TPSA) is 60.2 Å². The van der Waals surface area contributed by atoms with Crippen molar-refractivity contribution in [3.63, 3.8) is 0 Å². The first-order chi connectivity index (χ1) is 8.27. The molecule has 3 N–H and O–H groups in total. The Hall–Kier alpha value is -0.970. The molecule has 0 saturated carbocycles. The number of pyridine rings is 1. The van der Waals surface area contributed by atoms with E-state index in [1.165, 1.54) is 0 Å². The molecule has 0 amide bonds. The third kappa shape index (κ3) is 5.26. The molecule has 0 radical (unpaired) electrons. The maximum absolute atomic E-state index is 5.60. The van der Waals surface area contributed by atoms with E-state index in [2.05, 4.69) is 17.3 Å². The summed E-state index contributed by atoms with van der Waals surface area (Å²) >= 11 is 0. The smallest absolute Gasteiger partial charge is 0.0465 e. The largest absolute Gasteiger partial charge is 0.385 e. The molecule has 4 nitrogen and oxygen atoms in total. The normalized spacial score (nSPS) is 14.5. The van der Waals surface area contributed by atoms with Crippen molar-refractivity contribution >= 4 is 0 Å². The second kappa shape index (κ2) is 8.17. The Labute approximate surface area is 104 Å². The number of nitrogens with two attached hydrogens (primary N) is 1. The quantitative estimate of drug-likeness (QED) is 0.531. The SMILES string of the molecule is COCCC(C)C(CCc1ccccn1)NN. The van der Waals surface area contributed by atoms with Crippen LogP contribution in [0, 0.1) is 5.92 Å². The number of rotatable bonds is 8. The summed E-state index contributed by atoms with van der Waals surface area (Å²) in [6.07, 6.45) is 4.80. The van der Waals surface area contributed by atoms with Crippen molar-refractivity contribution in [2.45, 2.75) is 32.2 Å². The Balaban J connectivity index is 2.36. The highest BCUT2D eigenvalue weighted by Crippen LogP contribution is 2.13. The Morgan fingerprint density at radius 2 is 2.24 bits per heavy atom. The number of hydrogen-bond acceptors (Lipinski definition) is 4. The summed E-state index contributed by atoms with van der Waals surface area (Å²) in [4.78, 5) is 4.31. The van der Waals surface area contributed by atoms with Gasteiger partial charge in [-0.25, -0.2) is 0 Å². The van der Waals surface area contributed by atoms with Crippen LogP contribution in [0.2, 0.25) is 0 Å². The average Bonchev–Trinajstić information content (AvgIpc) is 2.38. The average molecular weight is 237 g/mol. The van der Waals surface area contributed by atoms with Crippen LogP contribution in [0.1, 0.15) is 25.5 Å². The fourth-order valence-corrected chi connectivity index (χ4v) is 1.89. The predicted octanol–water partition coefficient (Wildman–Crippen LogP) is 1.52. The zero-order valence-corrected chi connectivity index (χ0v) is 10.7. The van der Waals surface area contributed by atoms with Crippen molar-refractivity contribution in [3.8, 4) is 0 Å². The Bertz CT molecular complexity index is 292. The molecule has 0 aliphatic carbocycles. The number of aryl methyl sites for hydroxylation is 1. The van der Waals surface area contributed by atoms with E-state index in [4.69, 9.17) is 10.6 Å². The van der Waals surface area contributed by atoms with Gasteiger partial charge in [0.15, 0.2) is 0 Å². The van der Waals surface area contributed by atoms with Crippen LogP contribution in [0.4, 0.5) is 0 Å². The number of aromatic nitrogens is 1. The lowest BCUT2D eigenvalue weighted by Gasteiger charge is -2.22. The van der Waals surface area contributed by atoms with Crippen molar-refractivity contribution in [3.05, 3.63) is 30.1 Å². The molecule has 0 saturated heterocycles. The maximum atomic E-state index is 5.60. The molecule has 2 atom stereocenters. The van der Waals surface area contributed by atoms with Crippen LogP contribution in [0.3, 0.4) is 0 Å². The molecule has 2 unspecified atom stereocenters. The number of nitrogens with one attached hydrogen (secondary N) is 1. The molecule has 0 aliphatic heterocycles. The van der Waals surface area contributed by atoms with Gasteiger partial charge in [-0.05, 0) is 37.3 Å². The first-order valence-electron chi connectivity index (χ1n) is 6.13. The van der Waals surface area contributed by atoms with E-state index < -0.39 is 0 Å². The molecule has 1 aromatic rings. The molecule has 0 aromatic carbocycles. The number of methoxy groups -OCH3 is 1. The molecule has 0 aliphatic rings. The zero-order valence-electron chi connectivity index (χ0n) is 10.7. The van der Waals surface area contributed by atoms with Gasteiger partial charge < -0.3 is 4.74 Å². The molecule has 0 fully saturated rings. The van der Waals surface area contributed by atoms with Gasteiger partial charge in [0.1, 0.15) is 0 Å². The summed E-state index contributed by atoms with van der Waals surface area (Å²) < 4.78 is 5.09. The second-order valence-electron chi connectivity index (χ2n) is 4.39. The van der Waals surface area contributed by atoms with Crippen LogP contribution in [0.15, 0.2) is 24.4 Å². The van der Waals surface area contributed by atoms with Gasteiger partial charge in [-0.2, -0.15) is 0 Å². The fourth-order valence-electron chi connectivity index (χ4n) is 1.89. The standard InChI is InChI=1S/C13H23N3O/c1-11(8-10-17-2)13(16-14)7-6-12-5-3-4-9-15-12/h3-5,9,11,13,16H,6-8,10,14H2,1-2H3. The molecule has 0 spiro atoms. The molecule has 1 rings (SSSR count). The van der Waals surface area contributed by atoms with Gasteiger partial charge in [0.05, 0.1) is 0 Å². The third-order valence-electron chi connectivity index (χ3n) is 3.12. The molecule has 4 heteroatoms. The van der Waals surface area contributed by atoms with Gasteiger partial charge in [-0.15, -0.1) is 0 Å². The van der Waals surface area contributed by atoms with E-state index in [-0.39, 0.29) is 0 Å². The summed E-state index contributed by atoms with van der Waals surface area (Å²) in [5, 5.41) is 0. The van der Waals surface area contributed by atoms with Crippen LogP contribution in [-0.2, 0) is 11.2 Å². The molecule has 17 heavy (non-hydrogen) atoms. The van der Waals surface area contributed by atoms with Crippen molar-refractivity contribution in [1.29, 1.82) is 0 Å². The second-order valence-corrected chi connectivity index (χ2v) is 4.39. The van der Waals surface area contributed by atoms with Gasteiger partial charge >= 0.3 is 0 Å². The molecule has 1 heterocycles. The lowest BCUT2D eigenvalue weighted by atomic mass is 9.94. The summed E-state index contributed by atoms with van der Waals surface area (Å²) in [5.41, 5.74) is 4.01. The van der Waals surface area contributed by atoms with E-state index in [1.807, 2.05) is 24.4 Å². The van der Waals surface area contributed by atoms with E-state index >= 15 is 0 Å². The molecule has 96 valence electrons. The van der Waals surface area contributed by atoms with E-state index in [9.17, 15) is 0 Å². The minimum Gasteiger partial charge on any atom is -0.385 e. The highest BCUT2D eigenvalue weighted by molar-refractivity contribution is 5.03. The summed E-state index contributed by atoms with van der Waals surface area (Å²) in [7, 11) is 1.73. The van der Waals surface area contributed by atoms with Crippen LogP contribution < -0.4 is 11.3 Å². The molecular formula is C13H23N3O. The third-order valence-corrected chi connectivity index (χ3v) is 3.12. The summed E-state index contributed by atoms with van der Waals surface area (Å²) in [5.74, 6) is 6.10. The number of ether oxygens (including phenoxy) is 1. The minimum absolute atomic E-state index is 0.312. The molecule has 1 aromatic heterocycles. The highest BCUT2D eigenvalue weighted by atomic mass is 16.5. The van der Waals surface area contributed by atoms with Crippen molar-refractivity contribution in [2.24, 2.45) is 11.8 Å². The van der Waals surface area contributed by atoms with E-state index in [0.717, 1.165) is 31.6 Å². The highest BCUT2D eigenvalue weighted by Gasteiger charge is 2.15. The Morgan fingerprint density at radius 1 is 1.41 bits per heavy atom. The Morgan fingerprint density at radius 3 is 2.82 bits per heavy atom. The van der Waals surface area contributed by atoms with E-state index in [0.29, 0.717) is 12.0 Å². The number of nitrogens with zero attached hydrogens (tertiary/aromatic N) is 1. The van der Waals surface area contributed by atoms with Crippen LogP contribution in [0.25, 0.3) is 0 Å². The van der Waals surface area contributed by atoms with Crippen LogP contribution in [0.5, 0.6) is 0 Å². The van der Waals surface area contributed by atoms with Crippen LogP contribution >= 0.6 is 0 Å². The van der Waals surface area contributed by atoms with Gasteiger partial charge in [-0.3, -0.25) is 16.3 Å². The summed E-state index contributed by atoms with van der Waals surface area (Å²) in [6, 6.07) is 6.31. The van der Waals surface area contributed by atoms with Crippen molar-refractivity contribution in [2.75, 3.05) is 13.7 Å². The molecular weight excluding hydrogens is 214 g/mol. The Kier molecular flexibility index (Phi) is 6.77. The zero-order chi connectivity index (χ0) is 12.5. The van der Waals surface area contributed by atoms with E-state index in [1.54, 1.807) is 7.11 Å². The van der Waals surface area contributed by atoms with Crippen molar-refractivity contribution < 1.29 is 4.74 Å². The van der Waals surface area contributed by atoms with Gasteiger partial charge in [-0.1, -0.05) is 13.0 Å². The predicted molar refractivity (Wildman–Crippen MR) is 69.3 cm³/mol. The lowest BCUT2D eigenvalue weighted by Crippen LogP contribution is -2.40. The first-order valence-corrected chi connectivity index (χ1v) is 6.13. The maximum Gasteiger partial charge on any atom is 0.0465 e. The number of hydrazine groups is 1. The monoisotopic (exact) mass is 237 g/mol. The van der Waals surface area contributed by atoms with Gasteiger partial charge in [0.25, 0.3) is 0 Å². The molecule has 0 bridgehead atoms.